The van der Waals surface area contributed by atoms with Crippen LogP contribution in [0.2, 0.25) is 0 Å². The van der Waals surface area contributed by atoms with Crippen molar-refractivity contribution in [2.45, 2.75) is 25.2 Å². The summed E-state index contributed by atoms with van der Waals surface area (Å²) in [4.78, 5) is 2.31. The van der Waals surface area contributed by atoms with Crippen molar-refractivity contribution in [2.75, 3.05) is 30.0 Å². The van der Waals surface area contributed by atoms with Crippen molar-refractivity contribution in [3.05, 3.63) is 0 Å². The van der Waals surface area contributed by atoms with Crippen LogP contribution < -0.4 is 10.6 Å². The first kappa shape index (κ1) is 13.6. The molecule has 0 aromatic carbocycles. The monoisotopic (exact) mass is 289 g/mol. The van der Waals surface area contributed by atoms with E-state index in [0.717, 1.165) is 19.5 Å². The average Bonchev–Trinajstić information content (AvgIpc) is 2.64. The molecule has 1 aromatic heterocycles. The Kier molecular flexibility index (Phi) is 3.55. The van der Waals surface area contributed by atoms with Crippen molar-refractivity contribution in [3.63, 3.8) is 0 Å². The van der Waals surface area contributed by atoms with E-state index in [0.29, 0.717) is 16.8 Å². The molecule has 2 atom stereocenters. The minimum Gasteiger partial charge on any atom is -0.382 e. The first-order valence-electron chi connectivity index (χ1n) is 6.01. The van der Waals surface area contributed by atoms with Gasteiger partial charge in [-0.1, -0.05) is 13.8 Å². The van der Waals surface area contributed by atoms with Crippen molar-refractivity contribution in [2.24, 2.45) is 11.8 Å². The van der Waals surface area contributed by atoms with Gasteiger partial charge in [0.1, 0.15) is 9.90 Å². The molecule has 2 unspecified atom stereocenters. The minimum atomic E-state index is -3.32. The highest BCUT2D eigenvalue weighted by molar-refractivity contribution is 7.91. The lowest BCUT2D eigenvalue weighted by Gasteiger charge is -2.36. The Hall–Kier alpha value is -0.820. The van der Waals surface area contributed by atoms with Crippen molar-refractivity contribution in [1.29, 1.82) is 0 Å². The lowest BCUT2D eigenvalue weighted by atomic mass is 9.89. The summed E-state index contributed by atoms with van der Waals surface area (Å²) in [5.41, 5.74) is 5.69. The zero-order valence-electron chi connectivity index (χ0n) is 10.9. The molecule has 18 heavy (non-hydrogen) atoms. The maximum atomic E-state index is 11.8. The van der Waals surface area contributed by atoms with E-state index in [1.807, 2.05) is 0 Å². The molecule has 102 valence electrons. The number of nitrogens with zero attached hydrogens (tertiary/aromatic N) is 2. The molecule has 0 amide bonds. The molecule has 0 saturated carbocycles. The van der Waals surface area contributed by atoms with E-state index in [1.54, 1.807) is 0 Å². The van der Waals surface area contributed by atoms with Crippen LogP contribution in [0.4, 0.5) is 10.8 Å². The average molecular weight is 289 g/mol. The fraction of sp³-hybridized carbons (Fsp3) is 0.727. The van der Waals surface area contributed by atoms with Crippen LogP contribution in [0.1, 0.15) is 20.3 Å². The van der Waals surface area contributed by atoms with Gasteiger partial charge in [-0.3, -0.25) is 0 Å². The summed E-state index contributed by atoms with van der Waals surface area (Å²) in [6.07, 6.45) is 2.26. The van der Waals surface area contributed by atoms with Crippen molar-refractivity contribution < 1.29 is 8.42 Å². The summed E-state index contributed by atoms with van der Waals surface area (Å²) in [7, 11) is -3.32. The molecule has 2 heterocycles. The molecule has 1 aliphatic rings. The third-order valence-corrected chi connectivity index (χ3v) is 5.85. The van der Waals surface area contributed by atoms with Gasteiger partial charge in [0.05, 0.1) is 0 Å². The molecule has 1 fully saturated rings. The Bertz CT molecular complexity index is 538. The minimum absolute atomic E-state index is 0.128. The first-order chi connectivity index (χ1) is 8.30. The SMILES string of the molecule is CC1CCN(c2snc(N)c2S(C)(=O)=O)CC1C. The molecule has 1 saturated heterocycles. The van der Waals surface area contributed by atoms with E-state index in [4.69, 9.17) is 5.73 Å². The molecule has 0 radical (unpaired) electrons. The molecule has 2 N–H and O–H groups in total. The smallest absolute Gasteiger partial charge is 0.182 e. The lowest BCUT2D eigenvalue weighted by molar-refractivity contribution is 0.324. The number of rotatable bonds is 2. The second kappa shape index (κ2) is 4.70. The lowest BCUT2D eigenvalue weighted by Crippen LogP contribution is -2.38. The third kappa shape index (κ3) is 2.47. The molecule has 7 heteroatoms. The maximum Gasteiger partial charge on any atom is 0.182 e. The fourth-order valence-corrected chi connectivity index (χ4v) is 4.52. The van der Waals surface area contributed by atoms with Crippen molar-refractivity contribution in [1.82, 2.24) is 4.37 Å². The number of aromatic nitrogens is 1. The second-order valence-corrected chi connectivity index (χ2v) is 7.87. The van der Waals surface area contributed by atoms with Crippen molar-refractivity contribution >= 4 is 32.2 Å². The summed E-state index contributed by atoms with van der Waals surface area (Å²) in [5.74, 6) is 1.35. The molecule has 0 bridgehead atoms. The molecular weight excluding hydrogens is 270 g/mol. The van der Waals surface area contributed by atoms with Gasteiger partial charge in [0, 0.05) is 19.3 Å². The van der Waals surface area contributed by atoms with Gasteiger partial charge in [-0.15, -0.1) is 0 Å². The van der Waals surface area contributed by atoms with Crippen LogP contribution in [0.5, 0.6) is 0 Å². The Morgan fingerprint density at radius 3 is 2.61 bits per heavy atom. The van der Waals surface area contributed by atoms with Gasteiger partial charge in [-0.25, -0.2) is 8.42 Å². The predicted octanol–water partition coefficient (Wildman–Crippen LogP) is 1.61. The molecule has 2 rings (SSSR count). The van der Waals surface area contributed by atoms with Gasteiger partial charge < -0.3 is 10.6 Å². The van der Waals surface area contributed by atoms with Crippen LogP contribution in [0.15, 0.2) is 4.90 Å². The van der Waals surface area contributed by atoms with E-state index in [1.165, 1.54) is 17.8 Å². The number of hydrogen-bond acceptors (Lipinski definition) is 6. The van der Waals surface area contributed by atoms with E-state index >= 15 is 0 Å². The number of hydrogen-bond donors (Lipinski definition) is 1. The van der Waals surface area contributed by atoms with Crippen LogP contribution in [0.3, 0.4) is 0 Å². The third-order valence-electron chi connectivity index (χ3n) is 3.65. The Balaban J connectivity index is 2.35. The Morgan fingerprint density at radius 2 is 2.06 bits per heavy atom. The largest absolute Gasteiger partial charge is 0.382 e. The summed E-state index contributed by atoms with van der Waals surface area (Å²) >= 11 is 1.18. The zero-order chi connectivity index (χ0) is 13.5. The number of piperidine rings is 1. The van der Waals surface area contributed by atoms with Gasteiger partial charge in [0.15, 0.2) is 15.7 Å². The summed E-state index contributed by atoms with van der Waals surface area (Å²) in [6, 6.07) is 0. The number of sulfone groups is 1. The Morgan fingerprint density at radius 1 is 1.39 bits per heavy atom. The molecule has 0 spiro atoms. The topological polar surface area (TPSA) is 76.3 Å². The highest BCUT2D eigenvalue weighted by Gasteiger charge is 2.29. The number of anilines is 2. The van der Waals surface area contributed by atoms with Crippen molar-refractivity contribution in [3.8, 4) is 0 Å². The standard InChI is InChI=1S/C11H19N3O2S2/c1-7-4-5-14(6-8(7)2)11-9(18(3,15)16)10(12)13-17-11/h7-8H,4-6H2,1-3H3,(H2,12,13). The second-order valence-electron chi connectivity index (χ2n) is 5.16. The fourth-order valence-electron chi connectivity index (χ4n) is 2.28. The van der Waals surface area contributed by atoms with Crippen LogP contribution >= 0.6 is 11.5 Å². The molecular formula is C11H19N3O2S2. The van der Waals surface area contributed by atoms with E-state index in [-0.39, 0.29) is 10.7 Å². The summed E-state index contributed by atoms with van der Waals surface area (Å²) in [5, 5.41) is 0.703. The maximum absolute atomic E-state index is 11.8. The van der Waals surface area contributed by atoms with Crippen LogP contribution in [0, 0.1) is 11.8 Å². The molecule has 5 nitrogen and oxygen atoms in total. The summed E-state index contributed by atoms with van der Waals surface area (Å²) < 4.78 is 27.6. The highest BCUT2D eigenvalue weighted by atomic mass is 32.2. The van der Waals surface area contributed by atoms with E-state index < -0.39 is 9.84 Å². The first-order valence-corrected chi connectivity index (χ1v) is 8.67. The van der Waals surface area contributed by atoms with Gasteiger partial charge in [0.2, 0.25) is 0 Å². The van der Waals surface area contributed by atoms with E-state index in [2.05, 4.69) is 23.1 Å². The molecule has 1 aromatic rings. The molecule has 1 aliphatic heterocycles. The Labute approximate surface area is 112 Å². The van der Waals surface area contributed by atoms with Crippen LogP contribution in [-0.2, 0) is 9.84 Å². The summed E-state index contributed by atoms with van der Waals surface area (Å²) in [6.45, 7) is 6.17. The molecule has 0 aliphatic carbocycles. The van der Waals surface area contributed by atoms with Gasteiger partial charge in [-0.2, -0.15) is 4.37 Å². The normalized spacial score (nSPS) is 25.4. The zero-order valence-corrected chi connectivity index (χ0v) is 12.5. The van der Waals surface area contributed by atoms with Gasteiger partial charge in [0.25, 0.3) is 0 Å². The number of nitrogens with two attached hydrogens (primary N) is 1. The van der Waals surface area contributed by atoms with Crippen LogP contribution in [0.25, 0.3) is 0 Å². The van der Waals surface area contributed by atoms with E-state index in [9.17, 15) is 8.42 Å². The number of nitrogen functional groups attached to an aromatic ring is 1. The van der Waals surface area contributed by atoms with Gasteiger partial charge >= 0.3 is 0 Å². The highest BCUT2D eigenvalue weighted by Crippen LogP contribution is 2.37. The van der Waals surface area contributed by atoms with Gasteiger partial charge in [-0.05, 0) is 29.8 Å². The predicted molar refractivity (Wildman–Crippen MR) is 74.8 cm³/mol. The van der Waals surface area contributed by atoms with Crippen LogP contribution in [-0.4, -0.2) is 32.1 Å². The quantitative estimate of drug-likeness (QED) is 0.895.